The van der Waals surface area contributed by atoms with Gasteiger partial charge in [-0.25, -0.2) is 12.8 Å². The van der Waals surface area contributed by atoms with Crippen molar-refractivity contribution in [2.24, 2.45) is 4.99 Å². The van der Waals surface area contributed by atoms with Gasteiger partial charge in [0, 0.05) is 11.8 Å². The van der Waals surface area contributed by atoms with Crippen molar-refractivity contribution in [3.8, 4) is 5.75 Å². The number of ether oxygens (including phenoxy) is 1. The molecule has 0 aromatic heterocycles. The molecule has 2 aliphatic heterocycles. The molecule has 2 aliphatic rings. The molecule has 6 nitrogen and oxygen atoms in total. The van der Waals surface area contributed by atoms with E-state index in [9.17, 15) is 17.6 Å². The molecule has 2 unspecified atom stereocenters. The number of hydrogen-bond donors (Lipinski definition) is 0. The molecule has 2 fully saturated rings. The lowest BCUT2D eigenvalue weighted by Gasteiger charge is -2.24. The number of carbonyl (C=O) groups excluding carboxylic acids is 1. The molecule has 2 saturated heterocycles. The summed E-state index contributed by atoms with van der Waals surface area (Å²) in [6.07, 6.45) is 0.595. The number of carbonyl (C=O) groups is 1. The first-order valence-corrected chi connectivity index (χ1v) is 12.3. The van der Waals surface area contributed by atoms with Gasteiger partial charge >= 0.3 is 0 Å². The van der Waals surface area contributed by atoms with Crippen LogP contribution in [-0.4, -0.2) is 60.3 Å². The highest BCUT2D eigenvalue weighted by Crippen LogP contribution is 2.38. The summed E-state index contributed by atoms with van der Waals surface area (Å²) >= 11 is 1.34. The first-order chi connectivity index (χ1) is 14.4. The van der Waals surface area contributed by atoms with E-state index in [0.717, 1.165) is 5.56 Å². The molecule has 1 amide bonds. The lowest BCUT2D eigenvalue weighted by Crippen LogP contribution is -2.39. The van der Waals surface area contributed by atoms with Crippen LogP contribution >= 0.6 is 11.8 Å². The molecule has 0 bridgehead atoms. The second-order valence-corrected chi connectivity index (χ2v) is 10.6. The number of rotatable bonds is 6. The number of aliphatic imine (C=N–C) groups is 1. The molecule has 2 atom stereocenters. The van der Waals surface area contributed by atoms with E-state index >= 15 is 0 Å². The van der Waals surface area contributed by atoms with Crippen molar-refractivity contribution in [3.63, 3.8) is 0 Å². The smallest absolute Gasteiger partial charge is 0.285 e. The third-order valence-electron chi connectivity index (χ3n) is 5.06. The predicted molar refractivity (Wildman–Crippen MR) is 115 cm³/mol. The highest BCUT2D eigenvalue weighted by Gasteiger charge is 2.48. The van der Waals surface area contributed by atoms with Crippen molar-refractivity contribution in [1.82, 2.24) is 4.90 Å². The van der Waals surface area contributed by atoms with Crippen molar-refractivity contribution in [1.29, 1.82) is 0 Å². The van der Waals surface area contributed by atoms with Crippen LogP contribution in [0.3, 0.4) is 0 Å². The minimum atomic E-state index is -3.10. The molecule has 0 N–H and O–H groups in total. The maximum absolute atomic E-state index is 13.1. The van der Waals surface area contributed by atoms with E-state index in [2.05, 4.69) is 4.99 Å². The number of amidine groups is 1. The number of fused-ring (bicyclic) bond motifs is 1. The Morgan fingerprint density at radius 1 is 1.13 bits per heavy atom. The largest absolute Gasteiger partial charge is 0.484 e. The van der Waals surface area contributed by atoms with Gasteiger partial charge < -0.3 is 9.64 Å². The highest BCUT2D eigenvalue weighted by atomic mass is 32.2. The van der Waals surface area contributed by atoms with Crippen molar-refractivity contribution in [2.75, 3.05) is 24.7 Å². The molecule has 2 heterocycles. The van der Waals surface area contributed by atoms with Crippen LogP contribution in [0.1, 0.15) is 5.56 Å². The summed E-state index contributed by atoms with van der Waals surface area (Å²) in [6, 6.07) is 15.0. The van der Waals surface area contributed by atoms with Gasteiger partial charge in [-0.3, -0.25) is 4.79 Å². The number of para-hydroxylation sites is 1. The molecule has 158 valence electrons. The number of thioether (sulfide) groups is 1. The van der Waals surface area contributed by atoms with Crippen LogP contribution in [-0.2, 0) is 21.1 Å². The van der Waals surface area contributed by atoms with Gasteiger partial charge in [-0.15, -0.1) is 0 Å². The van der Waals surface area contributed by atoms with Gasteiger partial charge in [-0.1, -0.05) is 42.1 Å². The molecule has 30 heavy (non-hydrogen) atoms. The van der Waals surface area contributed by atoms with Crippen LogP contribution < -0.4 is 4.74 Å². The van der Waals surface area contributed by atoms with Crippen LogP contribution in [0, 0.1) is 5.82 Å². The first kappa shape index (κ1) is 20.9. The van der Waals surface area contributed by atoms with Crippen LogP contribution in [0.2, 0.25) is 0 Å². The fourth-order valence-electron chi connectivity index (χ4n) is 3.60. The Morgan fingerprint density at radius 2 is 1.87 bits per heavy atom. The second kappa shape index (κ2) is 8.77. The number of nitrogens with zero attached hydrogens (tertiary/aromatic N) is 2. The monoisotopic (exact) mass is 448 g/mol. The van der Waals surface area contributed by atoms with Crippen molar-refractivity contribution < 1.29 is 22.3 Å². The van der Waals surface area contributed by atoms with Crippen LogP contribution in [0.15, 0.2) is 59.6 Å². The maximum Gasteiger partial charge on any atom is 0.285 e. The second-order valence-electron chi connectivity index (χ2n) is 7.26. The Balaban J connectivity index is 1.46. The van der Waals surface area contributed by atoms with Gasteiger partial charge in [0.05, 0.1) is 17.5 Å². The molecule has 0 saturated carbocycles. The van der Waals surface area contributed by atoms with Crippen molar-refractivity contribution >= 4 is 32.7 Å². The third-order valence-corrected chi connectivity index (χ3v) is 8.30. The zero-order valence-electron chi connectivity index (χ0n) is 16.1. The zero-order chi connectivity index (χ0) is 21.1. The Kier molecular flexibility index (Phi) is 6.10. The van der Waals surface area contributed by atoms with Crippen molar-refractivity contribution in [3.05, 3.63) is 66.0 Å². The fourth-order valence-corrected chi connectivity index (χ4v) is 7.59. The Morgan fingerprint density at radius 3 is 2.60 bits per heavy atom. The van der Waals surface area contributed by atoms with Gasteiger partial charge in [-0.2, -0.15) is 4.99 Å². The summed E-state index contributed by atoms with van der Waals surface area (Å²) < 4.78 is 42.8. The maximum atomic E-state index is 13.1. The summed E-state index contributed by atoms with van der Waals surface area (Å²) in [5.74, 6) is 0.00572. The van der Waals surface area contributed by atoms with Crippen LogP contribution in [0.4, 0.5) is 4.39 Å². The quantitative estimate of drug-likeness (QED) is 0.676. The first-order valence-electron chi connectivity index (χ1n) is 9.57. The molecule has 2 aromatic carbocycles. The van der Waals surface area contributed by atoms with Gasteiger partial charge in [-0.05, 0) is 36.2 Å². The van der Waals surface area contributed by atoms with Crippen LogP contribution in [0.25, 0.3) is 0 Å². The standard InChI is InChI=1S/C21H21FN2O4S2/c22-16-8-6-15(7-9-16)10-11-24-18-13-30(26,27)14-19(18)29-21(24)23-20(25)12-28-17-4-2-1-3-5-17/h1-9,18-19H,10-14H2. The summed E-state index contributed by atoms with van der Waals surface area (Å²) in [5.41, 5.74) is 0.934. The molecule has 0 aliphatic carbocycles. The minimum absolute atomic E-state index is 0.0574. The van der Waals surface area contributed by atoms with E-state index in [1.807, 2.05) is 23.1 Å². The topological polar surface area (TPSA) is 76.0 Å². The number of sulfone groups is 1. The minimum Gasteiger partial charge on any atom is -0.484 e. The molecule has 0 radical (unpaired) electrons. The Labute approximate surface area is 179 Å². The normalized spacial score (nSPS) is 23.5. The van der Waals surface area contributed by atoms with E-state index in [-0.39, 0.29) is 35.2 Å². The Bertz CT molecular complexity index is 1040. The van der Waals surface area contributed by atoms with E-state index in [4.69, 9.17) is 4.74 Å². The third kappa shape index (κ3) is 5.02. The van der Waals surface area contributed by atoms with Crippen molar-refractivity contribution in [2.45, 2.75) is 17.7 Å². The summed E-state index contributed by atoms with van der Waals surface area (Å²) in [6.45, 7) is 0.314. The zero-order valence-corrected chi connectivity index (χ0v) is 17.7. The number of halogens is 1. The van der Waals surface area contributed by atoms with Crippen LogP contribution in [0.5, 0.6) is 5.75 Å². The van der Waals surface area contributed by atoms with Gasteiger partial charge in [0.1, 0.15) is 11.6 Å². The molecule has 4 rings (SSSR count). The lowest BCUT2D eigenvalue weighted by atomic mass is 10.1. The number of benzene rings is 2. The van der Waals surface area contributed by atoms with Gasteiger partial charge in [0.2, 0.25) is 0 Å². The fraction of sp³-hybridized carbons (Fsp3) is 0.333. The average Bonchev–Trinajstić information content (AvgIpc) is 3.18. The van der Waals surface area contributed by atoms with Gasteiger partial charge in [0.25, 0.3) is 5.91 Å². The van der Waals surface area contributed by atoms with E-state index in [1.54, 1.807) is 24.3 Å². The van der Waals surface area contributed by atoms with E-state index in [1.165, 1.54) is 23.9 Å². The molecule has 2 aromatic rings. The molecule has 0 spiro atoms. The SMILES string of the molecule is O=C(COc1ccccc1)N=C1SC2CS(=O)(=O)CC2N1CCc1ccc(F)cc1. The molecular weight excluding hydrogens is 427 g/mol. The summed E-state index contributed by atoms with van der Waals surface area (Å²) in [4.78, 5) is 18.5. The Hall–Kier alpha value is -2.39. The lowest BCUT2D eigenvalue weighted by molar-refractivity contribution is -0.119. The predicted octanol–water partition coefficient (Wildman–Crippen LogP) is 2.54. The molecule has 9 heteroatoms. The number of hydrogen-bond acceptors (Lipinski definition) is 5. The van der Waals surface area contributed by atoms with E-state index in [0.29, 0.717) is 23.9 Å². The van der Waals surface area contributed by atoms with E-state index < -0.39 is 15.7 Å². The summed E-state index contributed by atoms with van der Waals surface area (Å²) in [5, 5.41) is 0.397. The average molecular weight is 449 g/mol. The highest BCUT2D eigenvalue weighted by molar-refractivity contribution is 8.15. The van der Waals surface area contributed by atoms with Gasteiger partial charge in [0.15, 0.2) is 21.6 Å². The number of amides is 1. The molecular formula is C21H21FN2O4S2. The summed E-state index contributed by atoms with van der Waals surface area (Å²) in [7, 11) is -3.10.